The summed E-state index contributed by atoms with van der Waals surface area (Å²) in [5.41, 5.74) is 8.54. The van der Waals surface area contributed by atoms with E-state index in [1.165, 1.54) is 13.2 Å². The normalized spacial score (nSPS) is 8.64. The molecule has 0 aliphatic heterocycles. The average molecular weight is 193 g/mol. The summed E-state index contributed by atoms with van der Waals surface area (Å²) in [6.45, 7) is 0.276. The zero-order chi connectivity index (χ0) is 10.4. The third-order valence-corrected chi connectivity index (χ3v) is 1.48. The number of azide groups is 1. The summed E-state index contributed by atoms with van der Waals surface area (Å²) in [4.78, 5) is 12.7. The maximum absolute atomic E-state index is 10.1. The van der Waals surface area contributed by atoms with Crippen LogP contribution < -0.4 is 9.47 Å². The van der Waals surface area contributed by atoms with Gasteiger partial charge in [0.2, 0.25) is 0 Å². The van der Waals surface area contributed by atoms with Crippen molar-refractivity contribution in [1.82, 2.24) is 0 Å². The number of hydrogen-bond acceptors (Lipinski definition) is 4. The van der Waals surface area contributed by atoms with Crippen molar-refractivity contribution in [1.29, 1.82) is 0 Å². The van der Waals surface area contributed by atoms with Crippen molar-refractivity contribution < 1.29 is 14.3 Å². The van der Waals surface area contributed by atoms with Gasteiger partial charge in [-0.3, -0.25) is 4.79 Å². The van der Waals surface area contributed by atoms with Gasteiger partial charge in [0, 0.05) is 10.6 Å². The van der Waals surface area contributed by atoms with Gasteiger partial charge < -0.3 is 9.47 Å². The highest BCUT2D eigenvalue weighted by atomic mass is 16.5. The highest BCUT2D eigenvalue weighted by Crippen LogP contribution is 2.30. The van der Waals surface area contributed by atoms with E-state index in [1.54, 1.807) is 12.1 Å². The SMILES string of the molecule is COc1ccc(N=[N+]=[N-])cc1OC=O. The highest BCUT2D eigenvalue weighted by molar-refractivity contribution is 5.56. The first-order valence-corrected chi connectivity index (χ1v) is 3.65. The van der Waals surface area contributed by atoms with Gasteiger partial charge in [-0.05, 0) is 23.7 Å². The lowest BCUT2D eigenvalue weighted by molar-refractivity contribution is -0.120. The summed E-state index contributed by atoms with van der Waals surface area (Å²) in [6, 6.07) is 4.51. The minimum absolute atomic E-state index is 0.215. The molecule has 0 atom stereocenters. The van der Waals surface area contributed by atoms with E-state index in [0.717, 1.165) is 0 Å². The van der Waals surface area contributed by atoms with Crippen molar-refractivity contribution in [2.75, 3.05) is 7.11 Å². The molecule has 0 saturated carbocycles. The van der Waals surface area contributed by atoms with Crippen LogP contribution in [0, 0.1) is 0 Å². The zero-order valence-electron chi connectivity index (χ0n) is 7.38. The van der Waals surface area contributed by atoms with Crippen LogP contribution in [-0.4, -0.2) is 13.6 Å². The predicted octanol–water partition coefficient (Wildman–Crippen LogP) is 2.17. The van der Waals surface area contributed by atoms with Crippen LogP contribution in [0.25, 0.3) is 10.4 Å². The Kier molecular flexibility index (Phi) is 3.34. The van der Waals surface area contributed by atoms with E-state index in [4.69, 9.17) is 10.3 Å². The summed E-state index contributed by atoms with van der Waals surface area (Å²) in [5.74, 6) is 0.612. The summed E-state index contributed by atoms with van der Waals surface area (Å²) in [5, 5.41) is 3.35. The van der Waals surface area contributed by atoms with Crippen molar-refractivity contribution in [3.8, 4) is 11.5 Å². The molecule has 6 heteroatoms. The minimum atomic E-state index is 0.215. The number of carbonyl (C=O) groups is 1. The van der Waals surface area contributed by atoms with Crippen LogP contribution in [0.4, 0.5) is 5.69 Å². The molecule has 0 fully saturated rings. The lowest BCUT2D eigenvalue weighted by Crippen LogP contribution is -1.92. The van der Waals surface area contributed by atoms with Crippen LogP contribution in [0.1, 0.15) is 0 Å². The largest absolute Gasteiger partial charge is 0.493 e. The first-order chi connectivity index (χ1) is 6.81. The quantitative estimate of drug-likeness (QED) is 0.318. The molecule has 0 aromatic heterocycles. The van der Waals surface area contributed by atoms with E-state index < -0.39 is 0 Å². The number of methoxy groups -OCH3 is 1. The molecule has 72 valence electrons. The van der Waals surface area contributed by atoms with Gasteiger partial charge in [-0.25, -0.2) is 0 Å². The Morgan fingerprint density at radius 1 is 1.50 bits per heavy atom. The van der Waals surface area contributed by atoms with Crippen LogP contribution in [0.2, 0.25) is 0 Å². The Balaban J connectivity index is 3.12. The summed E-state index contributed by atoms with van der Waals surface area (Å²) >= 11 is 0. The molecule has 6 nitrogen and oxygen atoms in total. The minimum Gasteiger partial charge on any atom is -0.493 e. The Hall–Kier alpha value is -2.20. The van der Waals surface area contributed by atoms with Gasteiger partial charge in [0.25, 0.3) is 6.47 Å². The summed E-state index contributed by atoms with van der Waals surface area (Å²) in [6.07, 6.45) is 0. The maximum Gasteiger partial charge on any atom is 0.298 e. The number of benzene rings is 1. The van der Waals surface area contributed by atoms with Crippen LogP contribution >= 0.6 is 0 Å². The molecule has 0 spiro atoms. The van der Waals surface area contributed by atoms with Gasteiger partial charge >= 0.3 is 0 Å². The molecule has 0 N–H and O–H groups in total. The van der Waals surface area contributed by atoms with Gasteiger partial charge in [0.15, 0.2) is 11.5 Å². The van der Waals surface area contributed by atoms with E-state index in [2.05, 4.69) is 14.8 Å². The first-order valence-electron chi connectivity index (χ1n) is 3.65. The molecule has 0 heterocycles. The molecule has 0 amide bonds. The Labute approximate surface area is 79.7 Å². The average Bonchev–Trinajstić information content (AvgIpc) is 2.19. The highest BCUT2D eigenvalue weighted by Gasteiger charge is 2.04. The number of carbonyl (C=O) groups excluding carboxylic acids is 1. The second kappa shape index (κ2) is 4.74. The van der Waals surface area contributed by atoms with Gasteiger partial charge in [0.1, 0.15) is 0 Å². The zero-order valence-corrected chi connectivity index (χ0v) is 7.38. The second-order valence-corrected chi connectivity index (χ2v) is 2.24. The van der Waals surface area contributed by atoms with E-state index in [1.807, 2.05) is 0 Å². The smallest absolute Gasteiger partial charge is 0.298 e. The van der Waals surface area contributed by atoms with E-state index in [-0.39, 0.29) is 12.2 Å². The van der Waals surface area contributed by atoms with Gasteiger partial charge in [-0.2, -0.15) is 0 Å². The second-order valence-electron chi connectivity index (χ2n) is 2.24. The van der Waals surface area contributed by atoms with Gasteiger partial charge in [-0.1, -0.05) is 5.11 Å². The Bertz CT molecular complexity index is 385. The van der Waals surface area contributed by atoms with Crippen LogP contribution in [-0.2, 0) is 4.79 Å². The predicted molar refractivity (Wildman–Crippen MR) is 48.5 cm³/mol. The molecular weight excluding hydrogens is 186 g/mol. The summed E-state index contributed by atoms with van der Waals surface area (Å²) < 4.78 is 9.54. The Morgan fingerprint density at radius 2 is 2.29 bits per heavy atom. The molecule has 0 unspecified atom stereocenters. The fraction of sp³-hybridized carbons (Fsp3) is 0.125. The fourth-order valence-corrected chi connectivity index (χ4v) is 0.923. The van der Waals surface area contributed by atoms with E-state index >= 15 is 0 Å². The third-order valence-electron chi connectivity index (χ3n) is 1.48. The van der Waals surface area contributed by atoms with Crippen molar-refractivity contribution in [3.05, 3.63) is 28.6 Å². The molecule has 0 bridgehead atoms. The number of ether oxygens (including phenoxy) is 2. The monoisotopic (exact) mass is 193 g/mol. The maximum atomic E-state index is 10.1. The van der Waals surface area contributed by atoms with Crippen molar-refractivity contribution >= 4 is 12.2 Å². The van der Waals surface area contributed by atoms with Gasteiger partial charge in [0.05, 0.1) is 7.11 Å². The lowest BCUT2D eigenvalue weighted by atomic mass is 10.3. The van der Waals surface area contributed by atoms with Gasteiger partial charge in [-0.15, -0.1) is 0 Å². The fourth-order valence-electron chi connectivity index (χ4n) is 0.923. The Morgan fingerprint density at radius 3 is 2.86 bits per heavy atom. The first kappa shape index (κ1) is 9.88. The number of nitrogens with zero attached hydrogens (tertiary/aromatic N) is 3. The van der Waals surface area contributed by atoms with E-state index in [9.17, 15) is 4.79 Å². The molecular formula is C8H7N3O3. The summed E-state index contributed by atoms with van der Waals surface area (Å²) in [7, 11) is 1.44. The number of hydrogen-bond donors (Lipinski definition) is 0. The lowest BCUT2D eigenvalue weighted by Gasteiger charge is -2.05. The molecule has 0 aliphatic rings. The molecule has 0 aliphatic carbocycles. The van der Waals surface area contributed by atoms with Crippen LogP contribution in [0.5, 0.6) is 11.5 Å². The van der Waals surface area contributed by atoms with E-state index in [0.29, 0.717) is 11.4 Å². The molecule has 0 radical (unpaired) electrons. The van der Waals surface area contributed by atoms with Crippen LogP contribution in [0.3, 0.4) is 0 Å². The molecule has 14 heavy (non-hydrogen) atoms. The van der Waals surface area contributed by atoms with Crippen molar-refractivity contribution in [3.63, 3.8) is 0 Å². The van der Waals surface area contributed by atoms with Crippen LogP contribution in [0.15, 0.2) is 23.3 Å². The molecule has 1 aromatic rings. The molecule has 0 saturated heterocycles. The number of rotatable bonds is 4. The third kappa shape index (κ3) is 2.15. The standard InChI is InChI=1S/C8H7N3O3/c1-13-7-3-2-6(10-11-9)4-8(7)14-5-12/h2-5H,1H3. The van der Waals surface area contributed by atoms with Crippen molar-refractivity contribution in [2.45, 2.75) is 0 Å². The van der Waals surface area contributed by atoms with Crippen molar-refractivity contribution in [2.24, 2.45) is 5.11 Å². The molecule has 1 rings (SSSR count). The molecule has 1 aromatic carbocycles. The topological polar surface area (TPSA) is 84.3 Å².